The summed E-state index contributed by atoms with van der Waals surface area (Å²) < 4.78 is 0.718. The number of ketones is 1. The number of halogens is 1. The van der Waals surface area contributed by atoms with Gasteiger partial charge in [0.2, 0.25) is 0 Å². The molecule has 0 aliphatic carbocycles. The highest BCUT2D eigenvalue weighted by Gasteiger charge is 2.48. The zero-order chi connectivity index (χ0) is 24.9. The van der Waals surface area contributed by atoms with E-state index in [4.69, 9.17) is 11.6 Å². The molecule has 5 rings (SSSR count). The van der Waals surface area contributed by atoms with Gasteiger partial charge in [0, 0.05) is 22.7 Å². The van der Waals surface area contributed by atoms with Crippen LogP contribution in [0.4, 0.5) is 10.8 Å². The third-order valence-electron chi connectivity index (χ3n) is 5.73. The Morgan fingerprint density at radius 2 is 1.77 bits per heavy atom. The fraction of sp³-hybridized carbons (Fsp3) is 0.0800. The standard InChI is InChI=1S/C25H16ClN3O5S/c1-13-2-4-15(5-3-13)22(30)20-21(14-6-9-17(10-7-14)29(33)34)28(24(32)23(20)31)25-27-18-11-8-16(26)12-19(18)35-25/h2-12,21,30H,1H3/b22-20+. The highest BCUT2D eigenvalue weighted by atomic mass is 35.5. The van der Waals surface area contributed by atoms with Crippen LogP contribution >= 0.6 is 22.9 Å². The van der Waals surface area contributed by atoms with E-state index < -0.39 is 22.7 Å². The van der Waals surface area contributed by atoms with E-state index in [9.17, 15) is 24.8 Å². The molecule has 1 fully saturated rings. The number of Topliss-reactive ketones (excluding diaryl/α,β-unsaturated/α-hetero) is 1. The Kier molecular flexibility index (Phi) is 5.58. The molecule has 0 saturated carbocycles. The molecule has 1 unspecified atom stereocenters. The first-order valence-electron chi connectivity index (χ1n) is 10.4. The first kappa shape index (κ1) is 22.7. The van der Waals surface area contributed by atoms with Crippen LogP contribution < -0.4 is 4.90 Å². The van der Waals surface area contributed by atoms with Gasteiger partial charge >= 0.3 is 5.91 Å². The Bertz CT molecular complexity index is 1540. The van der Waals surface area contributed by atoms with Gasteiger partial charge in [-0.1, -0.05) is 52.8 Å². The average molecular weight is 506 g/mol. The van der Waals surface area contributed by atoms with Gasteiger partial charge in [-0.25, -0.2) is 4.98 Å². The van der Waals surface area contributed by atoms with Gasteiger partial charge in [0.15, 0.2) is 5.13 Å². The van der Waals surface area contributed by atoms with Crippen LogP contribution in [0.1, 0.15) is 22.7 Å². The topological polar surface area (TPSA) is 114 Å². The average Bonchev–Trinajstić information content (AvgIpc) is 3.37. The van der Waals surface area contributed by atoms with Gasteiger partial charge in [0.05, 0.1) is 26.8 Å². The van der Waals surface area contributed by atoms with E-state index in [1.165, 1.54) is 40.5 Å². The van der Waals surface area contributed by atoms with E-state index in [-0.39, 0.29) is 22.2 Å². The molecule has 1 atom stereocenters. The van der Waals surface area contributed by atoms with E-state index in [0.717, 1.165) is 10.3 Å². The maximum Gasteiger partial charge on any atom is 0.301 e. The van der Waals surface area contributed by atoms with Crippen molar-refractivity contribution in [1.29, 1.82) is 0 Å². The summed E-state index contributed by atoms with van der Waals surface area (Å²) in [6.07, 6.45) is 0. The Morgan fingerprint density at radius 1 is 1.09 bits per heavy atom. The van der Waals surface area contributed by atoms with Crippen LogP contribution in [0.5, 0.6) is 0 Å². The molecule has 1 aliphatic heterocycles. The first-order chi connectivity index (χ1) is 16.7. The van der Waals surface area contributed by atoms with Gasteiger partial charge in [-0.2, -0.15) is 0 Å². The molecule has 0 spiro atoms. The van der Waals surface area contributed by atoms with Crippen molar-refractivity contribution in [1.82, 2.24) is 4.98 Å². The number of aromatic nitrogens is 1. The number of carbonyl (C=O) groups is 2. The smallest absolute Gasteiger partial charge is 0.301 e. The number of nitro benzene ring substituents is 1. The predicted octanol–water partition coefficient (Wildman–Crippen LogP) is 5.79. The quantitative estimate of drug-likeness (QED) is 0.123. The number of aliphatic hydroxyl groups excluding tert-OH is 1. The van der Waals surface area contributed by atoms with Crippen LogP contribution in [0.15, 0.2) is 72.3 Å². The lowest BCUT2D eigenvalue weighted by molar-refractivity contribution is -0.384. The third-order valence-corrected chi connectivity index (χ3v) is 6.99. The lowest BCUT2D eigenvalue weighted by Crippen LogP contribution is -2.29. The molecule has 4 aromatic rings. The van der Waals surface area contributed by atoms with Crippen molar-refractivity contribution in [2.75, 3.05) is 4.90 Å². The lowest BCUT2D eigenvalue weighted by atomic mass is 9.95. The molecule has 10 heteroatoms. The number of thiazole rings is 1. The second-order valence-corrected chi connectivity index (χ2v) is 9.44. The van der Waals surface area contributed by atoms with Crippen LogP contribution in [-0.2, 0) is 9.59 Å². The number of non-ortho nitro benzene ring substituents is 1. The molecule has 1 aromatic heterocycles. The van der Waals surface area contributed by atoms with Crippen molar-refractivity contribution in [3.63, 3.8) is 0 Å². The molecule has 174 valence electrons. The fourth-order valence-electron chi connectivity index (χ4n) is 3.98. The molecule has 35 heavy (non-hydrogen) atoms. The fourth-order valence-corrected chi connectivity index (χ4v) is 5.25. The monoisotopic (exact) mass is 505 g/mol. The van der Waals surface area contributed by atoms with Crippen LogP contribution in [0.25, 0.3) is 16.0 Å². The number of nitrogens with zero attached hydrogens (tertiary/aromatic N) is 3. The number of aliphatic hydroxyl groups is 1. The number of anilines is 1. The molecule has 1 aliphatic rings. The third kappa shape index (κ3) is 3.94. The minimum Gasteiger partial charge on any atom is -0.507 e. The minimum absolute atomic E-state index is 0.120. The molecular formula is C25H16ClN3O5S. The molecule has 0 bridgehead atoms. The van der Waals surface area contributed by atoms with Crippen molar-refractivity contribution < 1.29 is 19.6 Å². The molecule has 1 saturated heterocycles. The Hall–Kier alpha value is -4.08. The Balaban J connectivity index is 1.72. The molecule has 1 amide bonds. The van der Waals surface area contributed by atoms with Gasteiger partial charge in [-0.3, -0.25) is 24.6 Å². The van der Waals surface area contributed by atoms with Gasteiger partial charge < -0.3 is 5.11 Å². The van der Waals surface area contributed by atoms with Crippen LogP contribution in [-0.4, -0.2) is 26.7 Å². The number of hydrogen-bond acceptors (Lipinski definition) is 7. The van der Waals surface area contributed by atoms with E-state index in [1.54, 1.807) is 42.5 Å². The summed E-state index contributed by atoms with van der Waals surface area (Å²) in [5.74, 6) is -2.06. The molecule has 1 N–H and O–H groups in total. The number of aryl methyl sites for hydroxylation is 1. The number of amides is 1. The summed E-state index contributed by atoms with van der Waals surface area (Å²) in [7, 11) is 0. The van der Waals surface area contributed by atoms with E-state index in [2.05, 4.69) is 4.98 Å². The van der Waals surface area contributed by atoms with Gasteiger partial charge in [0.25, 0.3) is 11.5 Å². The predicted molar refractivity (Wildman–Crippen MR) is 134 cm³/mol. The molecule has 2 heterocycles. The van der Waals surface area contributed by atoms with Gasteiger partial charge in [0.1, 0.15) is 5.76 Å². The molecule has 8 nitrogen and oxygen atoms in total. The Morgan fingerprint density at radius 3 is 2.43 bits per heavy atom. The highest BCUT2D eigenvalue weighted by Crippen LogP contribution is 2.44. The zero-order valence-electron chi connectivity index (χ0n) is 18.1. The molecule has 3 aromatic carbocycles. The van der Waals surface area contributed by atoms with E-state index in [0.29, 0.717) is 21.7 Å². The van der Waals surface area contributed by atoms with E-state index >= 15 is 0 Å². The molecule has 0 radical (unpaired) electrons. The first-order valence-corrected chi connectivity index (χ1v) is 11.6. The summed E-state index contributed by atoms with van der Waals surface area (Å²) in [5, 5.41) is 23.1. The number of rotatable bonds is 4. The largest absolute Gasteiger partial charge is 0.507 e. The van der Waals surface area contributed by atoms with Gasteiger partial charge in [-0.05, 0) is 42.8 Å². The van der Waals surface area contributed by atoms with Gasteiger partial charge in [-0.15, -0.1) is 0 Å². The second-order valence-electron chi connectivity index (χ2n) is 7.99. The summed E-state index contributed by atoms with van der Waals surface area (Å²) in [5.41, 5.74) is 2.08. The normalized spacial score (nSPS) is 17.3. The number of nitro groups is 1. The number of hydrogen-bond donors (Lipinski definition) is 1. The summed E-state index contributed by atoms with van der Waals surface area (Å²) >= 11 is 7.27. The summed E-state index contributed by atoms with van der Waals surface area (Å²) in [6, 6.07) is 16.5. The van der Waals surface area contributed by atoms with Crippen molar-refractivity contribution in [2.24, 2.45) is 0 Å². The van der Waals surface area contributed by atoms with Crippen molar-refractivity contribution in [3.8, 4) is 0 Å². The van der Waals surface area contributed by atoms with Crippen LogP contribution in [0.3, 0.4) is 0 Å². The Labute approximate surface area is 207 Å². The number of fused-ring (bicyclic) bond motifs is 1. The van der Waals surface area contributed by atoms with Crippen LogP contribution in [0, 0.1) is 17.0 Å². The van der Waals surface area contributed by atoms with Crippen molar-refractivity contribution >= 4 is 61.4 Å². The van der Waals surface area contributed by atoms with Crippen molar-refractivity contribution in [2.45, 2.75) is 13.0 Å². The maximum atomic E-state index is 13.3. The lowest BCUT2D eigenvalue weighted by Gasteiger charge is -2.22. The van der Waals surface area contributed by atoms with Crippen LogP contribution in [0.2, 0.25) is 5.02 Å². The maximum absolute atomic E-state index is 13.3. The number of carbonyl (C=O) groups excluding carboxylic acids is 2. The van der Waals surface area contributed by atoms with Crippen molar-refractivity contribution in [3.05, 3.63) is 104 Å². The number of benzene rings is 3. The highest BCUT2D eigenvalue weighted by molar-refractivity contribution is 7.22. The summed E-state index contributed by atoms with van der Waals surface area (Å²) in [4.78, 5) is 42.9. The van der Waals surface area contributed by atoms with E-state index in [1.807, 2.05) is 6.92 Å². The minimum atomic E-state index is -1.03. The SMILES string of the molecule is Cc1ccc(/C(O)=C2\C(=O)C(=O)N(c3nc4ccc(Cl)cc4s3)C2c2ccc([N+](=O)[O-])cc2)cc1. The zero-order valence-corrected chi connectivity index (χ0v) is 19.7. The summed E-state index contributed by atoms with van der Waals surface area (Å²) in [6.45, 7) is 1.89. The molecular weight excluding hydrogens is 490 g/mol. The second kappa shape index (κ2) is 8.61.